The van der Waals surface area contributed by atoms with Gasteiger partial charge in [-0.2, -0.15) is 0 Å². The van der Waals surface area contributed by atoms with Crippen molar-refractivity contribution >= 4 is 6.08 Å². The first-order chi connectivity index (χ1) is 5.70. The second-order valence-electron chi connectivity index (χ2n) is 3.28. The summed E-state index contributed by atoms with van der Waals surface area (Å²) < 4.78 is 1.63. The molecule has 0 aromatic heterocycles. The van der Waals surface area contributed by atoms with Crippen LogP contribution >= 0.6 is 0 Å². The molecule has 0 saturated heterocycles. The second kappa shape index (κ2) is 4.81. The predicted octanol–water partition coefficient (Wildman–Crippen LogP) is 3.23. The Kier molecular flexibility index (Phi) is 4.00. The maximum absolute atomic E-state index is 2.33. The van der Waals surface area contributed by atoms with Crippen molar-refractivity contribution in [2.75, 3.05) is 0 Å². The third-order valence-corrected chi connectivity index (χ3v) is 5.86. The van der Waals surface area contributed by atoms with Gasteiger partial charge in [-0.1, -0.05) is 0 Å². The van der Waals surface area contributed by atoms with Gasteiger partial charge < -0.3 is 0 Å². The molecule has 0 unspecified atom stereocenters. The van der Waals surface area contributed by atoms with E-state index < -0.39 is 0 Å². The molecule has 0 amide bonds. The van der Waals surface area contributed by atoms with Gasteiger partial charge >= 0.3 is 90.9 Å². The normalized spacial score (nSPS) is 12.2. The third kappa shape index (κ3) is 3.10. The minimum absolute atomic E-state index is 0.730. The zero-order valence-corrected chi connectivity index (χ0v) is 13.2. The number of benzene rings is 1. The standard InChI is InChI=1S/C11H13.Hg/c1-10(2)8-9-11-6-4-3-5-7-11;/h3-7,9-10H,1-2H3;/q;+1. The van der Waals surface area contributed by atoms with E-state index >= 15 is 0 Å². The van der Waals surface area contributed by atoms with Gasteiger partial charge in [0.1, 0.15) is 0 Å². The van der Waals surface area contributed by atoms with Crippen LogP contribution in [-0.4, -0.2) is 0 Å². The first-order valence-electron chi connectivity index (χ1n) is 4.28. The van der Waals surface area contributed by atoms with Crippen molar-refractivity contribution in [3.8, 4) is 0 Å². The van der Waals surface area contributed by atoms with Crippen LogP contribution in [0.1, 0.15) is 19.4 Å². The molecule has 0 radical (unpaired) electrons. The topological polar surface area (TPSA) is 0 Å². The fourth-order valence-corrected chi connectivity index (χ4v) is 1.85. The van der Waals surface area contributed by atoms with E-state index in [0.29, 0.717) is 0 Å². The summed E-state index contributed by atoms with van der Waals surface area (Å²) in [6.07, 6.45) is 2.33. The average Bonchev–Trinajstić information content (AvgIpc) is 2.06. The van der Waals surface area contributed by atoms with Crippen molar-refractivity contribution in [3.63, 3.8) is 0 Å². The summed E-state index contributed by atoms with van der Waals surface area (Å²) in [5.74, 6) is 0.730. The molecule has 12 heavy (non-hydrogen) atoms. The Hall–Kier alpha value is -0.105. The van der Waals surface area contributed by atoms with Crippen LogP contribution in [0.5, 0.6) is 0 Å². The molecule has 0 fully saturated rings. The molecule has 1 aromatic rings. The molecular formula is C11H13Hg+. The Bertz CT molecular complexity index is 260. The fraction of sp³-hybridized carbons (Fsp3) is 0.273. The molecule has 0 N–H and O–H groups in total. The molecule has 0 atom stereocenters. The van der Waals surface area contributed by atoms with Crippen LogP contribution in [0.25, 0.3) is 6.08 Å². The van der Waals surface area contributed by atoms with Crippen molar-refractivity contribution in [1.82, 2.24) is 0 Å². The van der Waals surface area contributed by atoms with Crippen LogP contribution in [0.2, 0.25) is 0 Å². The molecule has 0 saturated carbocycles. The van der Waals surface area contributed by atoms with Crippen LogP contribution < -0.4 is 0 Å². The summed E-state index contributed by atoms with van der Waals surface area (Å²) in [6.45, 7) is 4.53. The van der Waals surface area contributed by atoms with Gasteiger partial charge in [0, 0.05) is 0 Å². The van der Waals surface area contributed by atoms with Gasteiger partial charge in [0.2, 0.25) is 0 Å². The Morgan fingerprint density at radius 2 is 1.83 bits per heavy atom. The monoisotopic (exact) mass is 347 g/mol. The van der Waals surface area contributed by atoms with Gasteiger partial charge in [-0.3, -0.25) is 0 Å². The molecule has 1 aromatic carbocycles. The molecule has 0 bridgehead atoms. The minimum atomic E-state index is 0.730. The summed E-state index contributed by atoms with van der Waals surface area (Å²) in [6, 6.07) is 10.6. The summed E-state index contributed by atoms with van der Waals surface area (Å²) in [7, 11) is 0. The maximum atomic E-state index is 2.33. The molecule has 0 nitrogen and oxygen atoms in total. The summed E-state index contributed by atoms with van der Waals surface area (Å²) in [4.78, 5) is 0. The number of rotatable bonds is 2. The van der Waals surface area contributed by atoms with E-state index in [2.05, 4.69) is 50.3 Å². The van der Waals surface area contributed by atoms with Gasteiger partial charge in [0.15, 0.2) is 0 Å². The van der Waals surface area contributed by atoms with E-state index in [9.17, 15) is 0 Å². The zero-order valence-electron chi connectivity index (χ0n) is 7.75. The zero-order chi connectivity index (χ0) is 8.97. The van der Waals surface area contributed by atoms with Crippen LogP contribution in [0.15, 0.2) is 33.4 Å². The third-order valence-electron chi connectivity index (χ3n) is 1.89. The Morgan fingerprint density at radius 3 is 2.33 bits per heavy atom. The number of allylic oxidation sites excluding steroid dienone is 1. The van der Waals surface area contributed by atoms with Crippen LogP contribution in [0.4, 0.5) is 0 Å². The summed E-state index contributed by atoms with van der Waals surface area (Å²) in [5.41, 5.74) is 1.34. The molecule has 0 heterocycles. The molecule has 0 aliphatic carbocycles. The van der Waals surface area contributed by atoms with E-state index in [4.69, 9.17) is 0 Å². The van der Waals surface area contributed by atoms with Gasteiger partial charge in [-0.25, -0.2) is 0 Å². The molecule has 0 spiro atoms. The molecule has 0 aliphatic rings. The van der Waals surface area contributed by atoms with Gasteiger partial charge in [-0.05, 0) is 0 Å². The van der Waals surface area contributed by atoms with Crippen LogP contribution in [-0.2, 0) is 26.1 Å². The van der Waals surface area contributed by atoms with Crippen LogP contribution in [0, 0.1) is 5.92 Å². The number of hydrogen-bond acceptors (Lipinski definition) is 0. The fourth-order valence-electron chi connectivity index (χ4n) is 0.930. The van der Waals surface area contributed by atoms with Crippen molar-refractivity contribution in [3.05, 3.63) is 39.0 Å². The second-order valence-corrected chi connectivity index (χ2v) is 6.46. The SMILES string of the molecule is CC(C)/[C]([Hg+])=C\c1ccccc1. The molecule has 1 rings (SSSR count). The number of hydrogen-bond donors (Lipinski definition) is 0. The van der Waals surface area contributed by atoms with Crippen LogP contribution in [0.3, 0.4) is 0 Å². The first-order valence-corrected chi connectivity index (χ1v) is 7.03. The van der Waals surface area contributed by atoms with Crippen molar-refractivity contribution < 1.29 is 26.1 Å². The quantitative estimate of drug-likeness (QED) is 0.722. The van der Waals surface area contributed by atoms with Crippen molar-refractivity contribution in [1.29, 1.82) is 0 Å². The van der Waals surface area contributed by atoms with Crippen molar-refractivity contribution in [2.24, 2.45) is 5.92 Å². The van der Waals surface area contributed by atoms with Gasteiger partial charge in [0.05, 0.1) is 0 Å². The predicted molar refractivity (Wildman–Crippen MR) is 49.3 cm³/mol. The van der Waals surface area contributed by atoms with Crippen molar-refractivity contribution in [2.45, 2.75) is 13.8 Å². The van der Waals surface area contributed by atoms with E-state index in [0.717, 1.165) is 32.0 Å². The Labute approximate surface area is 90.7 Å². The van der Waals surface area contributed by atoms with Gasteiger partial charge in [-0.15, -0.1) is 0 Å². The molecular weight excluding hydrogens is 333 g/mol. The molecule has 1 heteroatoms. The molecule has 58 valence electrons. The summed E-state index contributed by atoms with van der Waals surface area (Å²) >= 11 is 0.766. The Balaban J connectivity index is 2.81. The van der Waals surface area contributed by atoms with E-state index in [1.165, 1.54) is 5.56 Å². The van der Waals surface area contributed by atoms with E-state index in [1.54, 1.807) is 3.08 Å². The summed E-state index contributed by atoms with van der Waals surface area (Å²) in [5, 5.41) is 0. The van der Waals surface area contributed by atoms with Gasteiger partial charge in [0.25, 0.3) is 0 Å². The molecule has 0 aliphatic heterocycles. The van der Waals surface area contributed by atoms with E-state index in [1.807, 2.05) is 0 Å². The van der Waals surface area contributed by atoms with E-state index in [-0.39, 0.29) is 0 Å². The average molecular weight is 346 g/mol. The first kappa shape index (κ1) is 9.98. The Morgan fingerprint density at radius 1 is 1.25 bits per heavy atom.